The summed E-state index contributed by atoms with van der Waals surface area (Å²) in [5.41, 5.74) is 0.461. The molecule has 2 aliphatic heterocycles. The van der Waals surface area contributed by atoms with E-state index in [0.717, 1.165) is 51.6 Å². The van der Waals surface area contributed by atoms with Crippen molar-refractivity contribution in [2.45, 2.75) is 57.0 Å². The van der Waals surface area contributed by atoms with Crippen LogP contribution in [-0.2, 0) is 9.53 Å². The lowest BCUT2D eigenvalue weighted by Gasteiger charge is -2.30. The molecule has 2 N–H and O–H groups in total. The second-order valence-electron chi connectivity index (χ2n) is 10.3. The third-order valence-corrected chi connectivity index (χ3v) is 7.77. The first kappa shape index (κ1) is 24.9. The topological polar surface area (TPSA) is 97.2 Å². The molecule has 38 heavy (non-hydrogen) atoms. The number of fused-ring (bicyclic) bond motifs is 1. The first-order chi connectivity index (χ1) is 18.5. The molecule has 2 aromatic heterocycles. The molecule has 6 rings (SSSR count). The van der Waals surface area contributed by atoms with Crippen molar-refractivity contribution < 1.29 is 22.7 Å². The minimum atomic E-state index is -1.06. The number of halogens is 3. The van der Waals surface area contributed by atoms with Crippen LogP contribution in [0.25, 0.3) is 11.2 Å². The van der Waals surface area contributed by atoms with E-state index in [-0.39, 0.29) is 29.9 Å². The highest BCUT2D eigenvalue weighted by Crippen LogP contribution is 2.33. The normalized spacial score (nSPS) is 23.8. The van der Waals surface area contributed by atoms with Crippen molar-refractivity contribution >= 4 is 34.7 Å². The number of amides is 1. The number of benzene rings is 1. The molecular weight excluding hydrogens is 499 g/mol. The van der Waals surface area contributed by atoms with Gasteiger partial charge in [-0.2, -0.15) is 4.98 Å². The van der Waals surface area contributed by atoms with E-state index in [1.54, 1.807) is 10.8 Å². The Morgan fingerprint density at radius 2 is 1.74 bits per heavy atom. The van der Waals surface area contributed by atoms with Gasteiger partial charge in [0.2, 0.25) is 17.8 Å². The number of aromatic nitrogens is 4. The van der Waals surface area contributed by atoms with Gasteiger partial charge in [-0.25, -0.2) is 23.1 Å². The van der Waals surface area contributed by atoms with Gasteiger partial charge in [-0.3, -0.25) is 9.36 Å². The monoisotopic (exact) mass is 529 g/mol. The first-order valence-corrected chi connectivity index (χ1v) is 13.3. The largest absolute Gasteiger partial charge is 0.379 e. The van der Waals surface area contributed by atoms with Gasteiger partial charge in [-0.05, 0) is 44.9 Å². The molecule has 0 radical (unpaired) electrons. The number of rotatable bonds is 6. The molecular formula is C26H30F3N7O2. The van der Waals surface area contributed by atoms with E-state index in [4.69, 9.17) is 9.72 Å². The molecule has 1 atom stereocenters. The summed E-state index contributed by atoms with van der Waals surface area (Å²) in [6.07, 6.45) is 7.78. The van der Waals surface area contributed by atoms with Crippen LogP contribution in [0.3, 0.4) is 0 Å². The van der Waals surface area contributed by atoms with Crippen LogP contribution in [0.15, 0.2) is 18.3 Å². The average Bonchev–Trinajstić information content (AvgIpc) is 3.67. The van der Waals surface area contributed by atoms with Crippen molar-refractivity contribution in [3.63, 3.8) is 0 Å². The zero-order valence-corrected chi connectivity index (χ0v) is 20.9. The lowest BCUT2D eigenvalue weighted by molar-refractivity contribution is -0.135. The molecule has 9 nitrogen and oxygen atoms in total. The highest BCUT2D eigenvalue weighted by molar-refractivity contribution is 5.79. The summed E-state index contributed by atoms with van der Waals surface area (Å²) in [7, 11) is 0. The molecule has 1 aliphatic carbocycles. The number of carbonyl (C=O) groups excluding carboxylic acids is 1. The number of likely N-dealkylation sites (tertiary alicyclic amines) is 1. The van der Waals surface area contributed by atoms with Gasteiger partial charge in [0, 0.05) is 43.8 Å². The predicted octanol–water partition coefficient (Wildman–Crippen LogP) is 4.54. The number of nitrogens with zero attached hydrogens (tertiary/aromatic N) is 5. The third kappa shape index (κ3) is 4.89. The maximum Gasteiger partial charge on any atom is 0.225 e. The van der Waals surface area contributed by atoms with Crippen LogP contribution >= 0.6 is 0 Å². The Hall–Kier alpha value is -3.41. The summed E-state index contributed by atoms with van der Waals surface area (Å²) in [6, 6.07) is 1.23. The Kier molecular flexibility index (Phi) is 6.81. The van der Waals surface area contributed by atoms with Crippen molar-refractivity contribution in [1.29, 1.82) is 0 Å². The molecule has 202 valence electrons. The van der Waals surface area contributed by atoms with Crippen molar-refractivity contribution in [2.75, 3.05) is 36.9 Å². The Morgan fingerprint density at radius 1 is 1.00 bits per heavy atom. The number of hydrogen-bond acceptors (Lipinski definition) is 7. The molecule has 1 amide bonds. The van der Waals surface area contributed by atoms with Crippen LogP contribution in [-0.4, -0.2) is 62.7 Å². The molecule has 0 bridgehead atoms. The van der Waals surface area contributed by atoms with Crippen LogP contribution in [0.2, 0.25) is 0 Å². The average molecular weight is 530 g/mol. The van der Waals surface area contributed by atoms with Gasteiger partial charge in [-0.15, -0.1) is 0 Å². The molecule has 1 saturated carbocycles. The summed E-state index contributed by atoms with van der Waals surface area (Å²) >= 11 is 0. The van der Waals surface area contributed by atoms with Gasteiger partial charge < -0.3 is 20.3 Å². The van der Waals surface area contributed by atoms with E-state index >= 15 is 0 Å². The van der Waals surface area contributed by atoms with Gasteiger partial charge in [0.15, 0.2) is 17.3 Å². The molecule has 3 aliphatic rings. The molecule has 2 saturated heterocycles. The minimum Gasteiger partial charge on any atom is -0.379 e. The standard InChI is InChI=1S/C26H30F3N7O2/c27-16-11-19(28)22(20(29)12-16)33-26-32-21-13-30-25(34-23(21)36(26)18-7-10-38-14-18)31-17-5-3-15(4-6-17)24(37)35-8-1-2-9-35/h11-13,15,17-18H,1-10,14H2,(H,32,33)(H,30,31,34)/t15-,17-,18-/m1/s1. The Balaban J connectivity index is 1.22. The number of ether oxygens (including phenoxy) is 1. The van der Waals surface area contributed by atoms with Crippen molar-refractivity contribution in [3.05, 3.63) is 35.8 Å². The van der Waals surface area contributed by atoms with Gasteiger partial charge in [0.1, 0.15) is 17.0 Å². The van der Waals surface area contributed by atoms with E-state index in [9.17, 15) is 18.0 Å². The zero-order chi connectivity index (χ0) is 26.2. The van der Waals surface area contributed by atoms with Crippen molar-refractivity contribution in [2.24, 2.45) is 5.92 Å². The van der Waals surface area contributed by atoms with Crippen LogP contribution < -0.4 is 10.6 Å². The quantitative estimate of drug-likeness (QED) is 0.484. The second-order valence-corrected chi connectivity index (χ2v) is 10.3. The SMILES string of the molecule is O=C([C@H]1CC[C@H](Nc2ncc3nc(Nc4c(F)cc(F)cc4F)n([C@@H]4CCOC4)c3n2)CC1)N1CCCC1. The molecule has 3 aromatic rings. The van der Waals surface area contributed by atoms with E-state index in [1.807, 2.05) is 4.90 Å². The fraction of sp³-hybridized carbons (Fsp3) is 0.538. The summed E-state index contributed by atoms with van der Waals surface area (Å²) in [4.78, 5) is 28.4. The molecule has 0 spiro atoms. The van der Waals surface area contributed by atoms with Gasteiger partial charge in [0.25, 0.3) is 0 Å². The smallest absolute Gasteiger partial charge is 0.225 e. The Morgan fingerprint density at radius 3 is 2.42 bits per heavy atom. The van der Waals surface area contributed by atoms with E-state index in [2.05, 4.69) is 20.6 Å². The second kappa shape index (κ2) is 10.4. The van der Waals surface area contributed by atoms with Crippen LogP contribution in [0.5, 0.6) is 0 Å². The lowest BCUT2D eigenvalue weighted by atomic mass is 9.85. The van der Waals surface area contributed by atoms with Crippen LogP contribution in [0, 0.1) is 23.4 Å². The zero-order valence-electron chi connectivity index (χ0n) is 20.9. The number of anilines is 3. The molecule has 0 unspecified atom stereocenters. The number of hydrogen-bond donors (Lipinski definition) is 2. The number of imidazole rings is 1. The fourth-order valence-corrected chi connectivity index (χ4v) is 5.76. The summed E-state index contributed by atoms with van der Waals surface area (Å²) in [5, 5.41) is 6.10. The van der Waals surface area contributed by atoms with Gasteiger partial charge >= 0.3 is 0 Å². The van der Waals surface area contributed by atoms with Crippen molar-refractivity contribution in [3.8, 4) is 0 Å². The van der Waals surface area contributed by atoms with Gasteiger partial charge in [0.05, 0.1) is 18.8 Å². The molecule has 1 aromatic carbocycles. The summed E-state index contributed by atoms with van der Waals surface area (Å²) < 4.78 is 49.5. The minimum absolute atomic E-state index is 0.0826. The third-order valence-electron chi connectivity index (χ3n) is 7.77. The number of carbonyl (C=O) groups is 1. The maximum absolute atomic E-state index is 14.4. The van der Waals surface area contributed by atoms with Crippen molar-refractivity contribution in [1.82, 2.24) is 24.4 Å². The van der Waals surface area contributed by atoms with E-state index < -0.39 is 23.1 Å². The van der Waals surface area contributed by atoms with Gasteiger partial charge in [-0.1, -0.05) is 0 Å². The van der Waals surface area contributed by atoms with Crippen LogP contribution in [0.1, 0.15) is 51.0 Å². The Labute approximate surface area is 217 Å². The predicted molar refractivity (Wildman–Crippen MR) is 135 cm³/mol. The van der Waals surface area contributed by atoms with E-state index in [0.29, 0.717) is 48.9 Å². The lowest BCUT2D eigenvalue weighted by Crippen LogP contribution is -2.37. The molecule has 4 heterocycles. The van der Waals surface area contributed by atoms with Crippen LogP contribution in [0.4, 0.5) is 30.8 Å². The fourth-order valence-electron chi connectivity index (χ4n) is 5.76. The summed E-state index contributed by atoms with van der Waals surface area (Å²) in [5.74, 6) is -2.15. The summed E-state index contributed by atoms with van der Waals surface area (Å²) in [6.45, 7) is 2.69. The first-order valence-electron chi connectivity index (χ1n) is 13.3. The molecule has 12 heteroatoms. The maximum atomic E-state index is 14.4. The molecule has 3 fully saturated rings. The Bertz CT molecular complexity index is 1310. The highest BCUT2D eigenvalue weighted by Gasteiger charge is 2.31. The number of nitrogens with one attached hydrogen (secondary N) is 2. The highest BCUT2D eigenvalue weighted by atomic mass is 19.1. The van der Waals surface area contributed by atoms with E-state index in [1.165, 1.54) is 0 Å².